The lowest BCUT2D eigenvalue weighted by atomic mass is 10.0. The standard InChI is InChI=1S/C13H13FN2O2/c1-8(2)10-4-3-9(5-11(10)14)16-13(17)12-6-18-7-15-12/h3-8H,1-2H3,(H,16,17). The van der Waals surface area contributed by atoms with E-state index < -0.39 is 5.91 Å². The number of anilines is 1. The van der Waals surface area contributed by atoms with Crippen LogP contribution in [0.3, 0.4) is 0 Å². The lowest BCUT2D eigenvalue weighted by molar-refractivity contribution is 0.102. The molecule has 0 fully saturated rings. The van der Waals surface area contributed by atoms with Gasteiger partial charge in [0, 0.05) is 5.69 Å². The van der Waals surface area contributed by atoms with Crippen LogP contribution in [-0.4, -0.2) is 10.9 Å². The van der Waals surface area contributed by atoms with Gasteiger partial charge in [0.05, 0.1) is 0 Å². The van der Waals surface area contributed by atoms with Crippen molar-refractivity contribution < 1.29 is 13.6 Å². The molecule has 2 rings (SSSR count). The molecule has 0 unspecified atom stereocenters. The maximum Gasteiger partial charge on any atom is 0.277 e. The molecule has 0 radical (unpaired) electrons. The summed E-state index contributed by atoms with van der Waals surface area (Å²) >= 11 is 0. The quantitative estimate of drug-likeness (QED) is 0.907. The third kappa shape index (κ3) is 2.56. The highest BCUT2D eigenvalue weighted by molar-refractivity contribution is 6.02. The molecule has 4 nitrogen and oxygen atoms in total. The number of amides is 1. The molecule has 0 spiro atoms. The summed E-state index contributed by atoms with van der Waals surface area (Å²) in [4.78, 5) is 15.4. The van der Waals surface area contributed by atoms with Crippen molar-refractivity contribution in [2.75, 3.05) is 5.32 Å². The van der Waals surface area contributed by atoms with E-state index in [1.165, 1.54) is 12.3 Å². The Labute approximate surface area is 104 Å². The van der Waals surface area contributed by atoms with Crippen molar-refractivity contribution in [2.45, 2.75) is 19.8 Å². The predicted octanol–water partition coefficient (Wildman–Crippen LogP) is 3.19. The summed E-state index contributed by atoms with van der Waals surface area (Å²) in [5.74, 6) is -0.659. The van der Waals surface area contributed by atoms with Crippen molar-refractivity contribution in [3.8, 4) is 0 Å². The number of carbonyl (C=O) groups is 1. The average Bonchev–Trinajstić information content (AvgIpc) is 2.81. The Kier molecular flexibility index (Phi) is 3.41. The van der Waals surface area contributed by atoms with Crippen LogP contribution in [0.1, 0.15) is 35.8 Å². The highest BCUT2D eigenvalue weighted by atomic mass is 19.1. The van der Waals surface area contributed by atoms with Crippen molar-refractivity contribution in [3.05, 3.63) is 47.9 Å². The van der Waals surface area contributed by atoms with E-state index in [9.17, 15) is 9.18 Å². The first-order chi connectivity index (χ1) is 8.58. The van der Waals surface area contributed by atoms with Gasteiger partial charge < -0.3 is 9.73 Å². The summed E-state index contributed by atoms with van der Waals surface area (Å²) in [6, 6.07) is 4.63. The second-order valence-corrected chi connectivity index (χ2v) is 4.22. The Bertz CT molecular complexity index is 550. The second kappa shape index (κ2) is 5.00. The summed E-state index contributed by atoms with van der Waals surface area (Å²) in [6.07, 6.45) is 2.39. The van der Waals surface area contributed by atoms with E-state index in [4.69, 9.17) is 4.42 Å². The third-order valence-corrected chi connectivity index (χ3v) is 2.55. The van der Waals surface area contributed by atoms with E-state index in [0.29, 0.717) is 11.3 Å². The first kappa shape index (κ1) is 12.3. The van der Waals surface area contributed by atoms with Crippen molar-refractivity contribution >= 4 is 11.6 Å². The zero-order chi connectivity index (χ0) is 13.1. The van der Waals surface area contributed by atoms with Gasteiger partial charge >= 0.3 is 0 Å². The van der Waals surface area contributed by atoms with Crippen LogP contribution in [-0.2, 0) is 0 Å². The lowest BCUT2D eigenvalue weighted by Crippen LogP contribution is -2.12. The molecule has 2 aromatic rings. The van der Waals surface area contributed by atoms with Crippen LogP contribution in [0.15, 0.2) is 35.3 Å². The van der Waals surface area contributed by atoms with E-state index in [1.54, 1.807) is 12.1 Å². The van der Waals surface area contributed by atoms with Gasteiger partial charge in [-0.1, -0.05) is 19.9 Å². The smallest absolute Gasteiger partial charge is 0.277 e. The zero-order valence-electron chi connectivity index (χ0n) is 10.1. The number of aromatic nitrogens is 1. The summed E-state index contributed by atoms with van der Waals surface area (Å²) < 4.78 is 18.4. The fraction of sp³-hybridized carbons (Fsp3) is 0.231. The molecular formula is C13H13FN2O2. The van der Waals surface area contributed by atoms with E-state index in [0.717, 1.165) is 6.39 Å². The summed E-state index contributed by atoms with van der Waals surface area (Å²) in [5.41, 5.74) is 1.17. The van der Waals surface area contributed by atoms with E-state index >= 15 is 0 Å². The van der Waals surface area contributed by atoms with Crippen LogP contribution in [0.25, 0.3) is 0 Å². The minimum Gasteiger partial charge on any atom is -0.451 e. The highest BCUT2D eigenvalue weighted by Gasteiger charge is 2.11. The molecular weight excluding hydrogens is 235 g/mol. The summed E-state index contributed by atoms with van der Waals surface area (Å²) in [7, 11) is 0. The molecule has 0 atom stereocenters. The van der Waals surface area contributed by atoms with Gasteiger partial charge in [-0.05, 0) is 23.6 Å². The molecule has 94 valence electrons. The van der Waals surface area contributed by atoms with Crippen molar-refractivity contribution in [3.63, 3.8) is 0 Å². The average molecular weight is 248 g/mol. The van der Waals surface area contributed by atoms with E-state index in [2.05, 4.69) is 10.3 Å². The lowest BCUT2D eigenvalue weighted by Gasteiger charge is -2.09. The fourth-order valence-corrected chi connectivity index (χ4v) is 1.59. The minimum atomic E-state index is -0.430. The van der Waals surface area contributed by atoms with Crippen LogP contribution < -0.4 is 5.32 Å². The Morgan fingerprint density at radius 2 is 2.22 bits per heavy atom. The SMILES string of the molecule is CC(C)c1ccc(NC(=O)c2cocn2)cc1F. The molecule has 0 saturated heterocycles. The van der Waals surface area contributed by atoms with Gasteiger partial charge in [0.1, 0.15) is 12.1 Å². The molecule has 18 heavy (non-hydrogen) atoms. The molecule has 1 aromatic carbocycles. The number of rotatable bonds is 3. The number of oxazole rings is 1. The normalized spacial score (nSPS) is 10.7. The zero-order valence-corrected chi connectivity index (χ0v) is 10.1. The highest BCUT2D eigenvalue weighted by Crippen LogP contribution is 2.21. The number of benzene rings is 1. The number of nitrogens with one attached hydrogen (secondary N) is 1. The van der Waals surface area contributed by atoms with Gasteiger partial charge in [-0.3, -0.25) is 4.79 Å². The van der Waals surface area contributed by atoms with Crippen LogP contribution in [0.5, 0.6) is 0 Å². The monoisotopic (exact) mass is 248 g/mol. The minimum absolute atomic E-state index is 0.102. The second-order valence-electron chi connectivity index (χ2n) is 4.22. The Morgan fingerprint density at radius 3 is 2.78 bits per heavy atom. The number of carbonyl (C=O) groups excluding carboxylic acids is 1. The first-order valence-electron chi connectivity index (χ1n) is 5.57. The molecule has 1 heterocycles. The summed E-state index contributed by atoms with van der Waals surface area (Å²) in [6.45, 7) is 3.82. The number of hydrogen-bond donors (Lipinski definition) is 1. The van der Waals surface area contributed by atoms with Gasteiger partial charge in [-0.25, -0.2) is 9.37 Å². The van der Waals surface area contributed by atoms with Crippen LogP contribution in [0.4, 0.5) is 10.1 Å². The molecule has 5 heteroatoms. The van der Waals surface area contributed by atoms with Crippen molar-refractivity contribution in [2.24, 2.45) is 0 Å². The van der Waals surface area contributed by atoms with Gasteiger partial charge in [-0.15, -0.1) is 0 Å². The largest absolute Gasteiger partial charge is 0.451 e. The van der Waals surface area contributed by atoms with E-state index in [1.807, 2.05) is 13.8 Å². The molecule has 1 N–H and O–H groups in total. The molecule has 0 saturated carbocycles. The molecule has 1 aromatic heterocycles. The molecule has 0 aliphatic carbocycles. The van der Waals surface area contributed by atoms with Gasteiger partial charge in [0.2, 0.25) is 0 Å². The molecule has 0 aliphatic heterocycles. The van der Waals surface area contributed by atoms with Gasteiger partial charge in [0.15, 0.2) is 12.1 Å². The predicted molar refractivity (Wildman–Crippen MR) is 64.9 cm³/mol. The molecule has 1 amide bonds. The Morgan fingerprint density at radius 1 is 1.44 bits per heavy atom. The molecule has 0 aliphatic rings. The van der Waals surface area contributed by atoms with E-state index in [-0.39, 0.29) is 17.4 Å². The topological polar surface area (TPSA) is 55.1 Å². The maximum atomic E-state index is 13.7. The number of halogens is 1. The van der Waals surface area contributed by atoms with Crippen molar-refractivity contribution in [1.82, 2.24) is 4.98 Å². The third-order valence-electron chi connectivity index (χ3n) is 2.55. The first-order valence-corrected chi connectivity index (χ1v) is 5.57. The number of hydrogen-bond acceptors (Lipinski definition) is 3. The maximum absolute atomic E-state index is 13.7. The molecule has 0 bridgehead atoms. The van der Waals surface area contributed by atoms with Crippen LogP contribution in [0, 0.1) is 5.82 Å². The Hall–Kier alpha value is -2.17. The fourth-order valence-electron chi connectivity index (χ4n) is 1.59. The van der Waals surface area contributed by atoms with Crippen LogP contribution >= 0.6 is 0 Å². The van der Waals surface area contributed by atoms with Gasteiger partial charge in [0.25, 0.3) is 5.91 Å². The van der Waals surface area contributed by atoms with Gasteiger partial charge in [-0.2, -0.15) is 0 Å². The number of nitrogens with zero attached hydrogens (tertiary/aromatic N) is 1. The Balaban J connectivity index is 2.16. The summed E-state index contributed by atoms with van der Waals surface area (Å²) in [5, 5.41) is 2.55. The van der Waals surface area contributed by atoms with Crippen molar-refractivity contribution in [1.29, 1.82) is 0 Å². The van der Waals surface area contributed by atoms with Crippen LogP contribution in [0.2, 0.25) is 0 Å².